The quantitative estimate of drug-likeness (QED) is 0.556. The van der Waals surface area contributed by atoms with Crippen molar-refractivity contribution in [3.8, 4) is 0 Å². The van der Waals surface area contributed by atoms with Crippen LogP contribution in [0.4, 0.5) is 0 Å². The van der Waals surface area contributed by atoms with Gasteiger partial charge in [0.25, 0.3) is 0 Å². The molecule has 0 bridgehead atoms. The van der Waals surface area contributed by atoms with E-state index in [0.29, 0.717) is 12.0 Å². The van der Waals surface area contributed by atoms with Crippen LogP contribution in [0.15, 0.2) is 11.6 Å². The van der Waals surface area contributed by atoms with Gasteiger partial charge >= 0.3 is 0 Å². The van der Waals surface area contributed by atoms with Gasteiger partial charge in [0.05, 0.1) is 6.10 Å². The van der Waals surface area contributed by atoms with Crippen molar-refractivity contribution in [1.82, 2.24) is 0 Å². The van der Waals surface area contributed by atoms with Gasteiger partial charge in [0, 0.05) is 6.61 Å². The Morgan fingerprint density at radius 1 is 1.55 bits per heavy atom. The van der Waals surface area contributed by atoms with E-state index in [2.05, 4.69) is 26.8 Å². The standard InChI is InChI=1S/C10H18O/c1-8(2)9(3)7-10-5-4-6-11-10/h7-8,10H,4-6H2,1-3H3/b9-7+. The number of hydrogen-bond acceptors (Lipinski definition) is 1. The van der Waals surface area contributed by atoms with Crippen LogP contribution in [0, 0.1) is 5.92 Å². The van der Waals surface area contributed by atoms with E-state index in [1.54, 1.807) is 0 Å². The molecule has 0 aromatic heterocycles. The summed E-state index contributed by atoms with van der Waals surface area (Å²) in [6, 6.07) is 0. The van der Waals surface area contributed by atoms with Gasteiger partial charge in [-0.15, -0.1) is 0 Å². The molecule has 1 atom stereocenters. The molecule has 0 N–H and O–H groups in total. The number of rotatable bonds is 2. The molecule has 0 spiro atoms. The number of hydrogen-bond donors (Lipinski definition) is 0. The van der Waals surface area contributed by atoms with Crippen molar-refractivity contribution in [1.29, 1.82) is 0 Å². The highest BCUT2D eigenvalue weighted by molar-refractivity contribution is 5.05. The maximum Gasteiger partial charge on any atom is 0.0759 e. The molecule has 11 heavy (non-hydrogen) atoms. The number of ether oxygens (including phenoxy) is 1. The SMILES string of the molecule is C/C(=C\C1CCCO1)C(C)C. The topological polar surface area (TPSA) is 9.23 Å². The van der Waals surface area contributed by atoms with Crippen molar-refractivity contribution in [3.63, 3.8) is 0 Å². The lowest BCUT2D eigenvalue weighted by Crippen LogP contribution is -2.02. The van der Waals surface area contributed by atoms with Crippen molar-refractivity contribution in [2.45, 2.75) is 39.7 Å². The van der Waals surface area contributed by atoms with Crippen LogP contribution < -0.4 is 0 Å². The molecule has 0 aromatic rings. The van der Waals surface area contributed by atoms with E-state index in [1.807, 2.05) is 0 Å². The van der Waals surface area contributed by atoms with Crippen molar-refractivity contribution in [3.05, 3.63) is 11.6 Å². The number of allylic oxidation sites excluding steroid dienone is 1. The van der Waals surface area contributed by atoms with E-state index in [9.17, 15) is 0 Å². The fraction of sp³-hybridized carbons (Fsp3) is 0.800. The van der Waals surface area contributed by atoms with Gasteiger partial charge in [0.15, 0.2) is 0 Å². The molecule has 1 heteroatoms. The smallest absolute Gasteiger partial charge is 0.0759 e. The average molecular weight is 154 g/mol. The molecule has 0 aromatic carbocycles. The van der Waals surface area contributed by atoms with E-state index in [-0.39, 0.29) is 0 Å². The van der Waals surface area contributed by atoms with Gasteiger partial charge in [0.2, 0.25) is 0 Å². The van der Waals surface area contributed by atoms with Gasteiger partial charge in [-0.3, -0.25) is 0 Å². The molecule has 64 valence electrons. The predicted molar refractivity (Wildman–Crippen MR) is 47.6 cm³/mol. The summed E-state index contributed by atoms with van der Waals surface area (Å²) >= 11 is 0. The highest BCUT2D eigenvalue weighted by Crippen LogP contribution is 2.17. The van der Waals surface area contributed by atoms with Gasteiger partial charge in [0.1, 0.15) is 0 Å². The fourth-order valence-electron chi connectivity index (χ4n) is 1.22. The Bertz CT molecular complexity index is 141. The van der Waals surface area contributed by atoms with E-state index < -0.39 is 0 Å². The molecule has 1 nitrogen and oxygen atoms in total. The van der Waals surface area contributed by atoms with Gasteiger partial charge in [-0.05, 0) is 25.7 Å². The molecule has 1 fully saturated rings. The zero-order chi connectivity index (χ0) is 8.27. The highest BCUT2D eigenvalue weighted by Gasteiger charge is 2.12. The minimum atomic E-state index is 0.414. The molecule has 0 radical (unpaired) electrons. The molecule has 1 heterocycles. The third kappa shape index (κ3) is 2.66. The normalized spacial score (nSPS) is 26.5. The molecular formula is C10H18O. The lowest BCUT2D eigenvalue weighted by Gasteiger charge is -2.08. The van der Waals surface area contributed by atoms with Gasteiger partial charge in [-0.25, -0.2) is 0 Å². The second-order valence-electron chi connectivity index (χ2n) is 3.62. The monoisotopic (exact) mass is 154 g/mol. The largest absolute Gasteiger partial charge is 0.374 e. The summed E-state index contributed by atoms with van der Waals surface area (Å²) in [5, 5.41) is 0. The second-order valence-corrected chi connectivity index (χ2v) is 3.62. The lowest BCUT2D eigenvalue weighted by atomic mass is 10.0. The third-order valence-electron chi connectivity index (χ3n) is 2.32. The average Bonchev–Trinajstić information content (AvgIpc) is 2.39. The van der Waals surface area contributed by atoms with Crippen LogP contribution in [0.25, 0.3) is 0 Å². The minimum Gasteiger partial charge on any atom is -0.374 e. The summed E-state index contributed by atoms with van der Waals surface area (Å²) < 4.78 is 5.50. The first-order chi connectivity index (χ1) is 5.20. The van der Waals surface area contributed by atoms with E-state index in [4.69, 9.17) is 4.74 Å². The summed E-state index contributed by atoms with van der Waals surface area (Å²) in [5.74, 6) is 0.666. The summed E-state index contributed by atoms with van der Waals surface area (Å²) in [6.45, 7) is 7.58. The van der Waals surface area contributed by atoms with Gasteiger partial charge in [-0.1, -0.05) is 25.5 Å². The Balaban J connectivity index is 2.42. The first-order valence-electron chi connectivity index (χ1n) is 4.50. The van der Waals surface area contributed by atoms with Gasteiger partial charge < -0.3 is 4.74 Å². The van der Waals surface area contributed by atoms with E-state index in [1.165, 1.54) is 18.4 Å². The summed E-state index contributed by atoms with van der Waals surface area (Å²) in [6.07, 6.45) is 5.13. The Morgan fingerprint density at radius 2 is 2.27 bits per heavy atom. The van der Waals surface area contributed by atoms with Crippen LogP contribution in [0.2, 0.25) is 0 Å². The Hall–Kier alpha value is -0.300. The minimum absolute atomic E-state index is 0.414. The van der Waals surface area contributed by atoms with Crippen molar-refractivity contribution in [2.24, 2.45) is 5.92 Å². The molecular weight excluding hydrogens is 136 g/mol. The van der Waals surface area contributed by atoms with E-state index in [0.717, 1.165) is 6.61 Å². The van der Waals surface area contributed by atoms with Crippen LogP contribution >= 0.6 is 0 Å². The summed E-state index contributed by atoms with van der Waals surface area (Å²) in [5.41, 5.74) is 1.46. The molecule has 1 rings (SSSR count). The Morgan fingerprint density at radius 3 is 2.73 bits per heavy atom. The second kappa shape index (κ2) is 3.91. The Labute approximate surface area is 69.4 Å². The third-order valence-corrected chi connectivity index (χ3v) is 2.32. The first kappa shape index (κ1) is 8.79. The summed E-state index contributed by atoms with van der Waals surface area (Å²) in [4.78, 5) is 0. The lowest BCUT2D eigenvalue weighted by molar-refractivity contribution is 0.144. The predicted octanol–water partition coefficient (Wildman–Crippen LogP) is 2.77. The zero-order valence-corrected chi connectivity index (χ0v) is 7.76. The van der Waals surface area contributed by atoms with Gasteiger partial charge in [-0.2, -0.15) is 0 Å². The van der Waals surface area contributed by atoms with Crippen LogP contribution in [0.3, 0.4) is 0 Å². The zero-order valence-electron chi connectivity index (χ0n) is 7.76. The molecule has 1 saturated heterocycles. The van der Waals surface area contributed by atoms with Crippen molar-refractivity contribution in [2.75, 3.05) is 6.61 Å². The van der Waals surface area contributed by atoms with Crippen molar-refractivity contribution < 1.29 is 4.74 Å². The van der Waals surface area contributed by atoms with Crippen LogP contribution in [-0.4, -0.2) is 12.7 Å². The van der Waals surface area contributed by atoms with Crippen LogP contribution in [-0.2, 0) is 4.74 Å². The highest BCUT2D eigenvalue weighted by atomic mass is 16.5. The molecule has 0 saturated carbocycles. The molecule has 1 aliphatic rings. The maximum atomic E-state index is 5.50. The first-order valence-corrected chi connectivity index (χ1v) is 4.50. The molecule has 1 unspecified atom stereocenters. The Kier molecular flexibility index (Phi) is 3.13. The van der Waals surface area contributed by atoms with Crippen LogP contribution in [0.5, 0.6) is 0 Å². The van der Waals surface area contributed by atoms with Crippen LogP contribution in [0.1, 0.15) is 33.6 Å². The molecule has 0 aliphatic carbocycles. The molecule has 1 aliphatic heterocycles. The van der Waals surface area contributed by atoms with E-state index >= 15 is 0 Å². The summed E-state index contributed by atoms with van der Waals surface area (Å²) in [7, 11) is 0. The fourth-order valence-corrected chi connectivity index (χ4v) is 1.22. The van der Waals surface area contributed by atoms with Crippen molar-refractivity contribution >= 4 is 0 Å². The maximum absolute atomic E-state index is 5.50. The molecule has 0 amide bonds.